The SMILES string of the molecule is CCCCN(CC)C(=O)Nc1cc(C(=O)O)ccc1Cl. The number of carbonyl (C=O) groups is 2. The van der Waals surface area contributed by atoms with Gasteiger partial charge in [0.2, 0.25) is 0 Å². The molecule has 0 unspecified atom stereocenters. The number of nitrogens with zero attached hydrogens (tertiary/aromatic N) is 1. The lowest BCUT2D eigenvalue weighted by Gasteiger charge is -2.21. The van der Waals surface area contributed by atoms with Crippen molar-refractivity contribution in [2.45, 2.75) is 26.7 Å². The molecule has 110 valence electrons. The number of carboxylic acid groups (broad SMARTS) is 1. The second-order valence-electron chi connectivity index (χ2n) is 4.36. The molecule has 0 saturated heterocycles. The van der Waals surface area contributed by atoms with Crippen molar-refractivity contribution >= 4 is 29.3 Å². The minimum Gasteiger partial charge on any atom is -0.478 e. The van der Waals surface area contributed by atoms with E-state index in [1.54, 1.807) is 4.90 Å². The molecule has 0 fully saturated rings. The van der Waals surface area contributed by atoms with Crippen molar-refractivity contribution in [3.63, 3.8) is 0 Å². The van der Waals surface area contributed by atoms with Crippen LogP contribution in [0.15, 0.2) is 18.2 Å². The van der Waals surface area contributed by atoms with E-state index in [4.69, 9.17) is 16.7 Å². The van der Waals surface area contributed by atoms with E-state index in [2.05, 4.69) is 12.2 Å². The molecular weight excluding hydrogens is 280 g/mol. The number of urea groups is 1. The molecule has 0 radical (unpaired) electrons. The number of hydrogen-bond donors (Lipinski definition) is 2. The number of benzene rings is 1. The number of unbranched alkanes of at least 4 members (excludes halogenated alkanes) is 1. The van der Waals surface area contributed by atoms with E-state index in [0.717, 1.165) is 12.8 Å². The minimum absolute atomic E-state index is 0.0845. The van der Waals surface area contributed by atoms with Gasteiger partial charge < -0.3 is 15.3 Å². The van der Waals surface area contributed by atoms with E-state index in [0.29, 0.717) is 23.8 Å². The number of aromatic carboxylic acids is 1. The zero-order valence-corrected chi connectivity index (χ0v) is 12.4. The number of hydrogen-bond acceptors (Lipinski definition) is 2. The van der Waals surface area contributed by atoms with Gasteiger partial charge in [-0.3, -0.25) is 0 Å². The summed E-state index contributed by atoms with van der Waals surface area (Å²) in [6.45, 7) is 5.20. The number of rotatable bonds is 6. The quantitative estimate of drug-likeness (QED) is 0.841. The number of anilines is 1. The molecule has 0 spiro atoms. The highest BCUT2D eigenvalue weighted by molar-refractivity contribution is 6.33. The minimum atomic E-state index is -1.06. The molecule has 0 bridgehead atoms. The molecule has 0 aliphatic carbocycles. The molecule has 0 atom stereocenters. The van der Waals surface area contributed by atoms with Crippen LogP contribution in [0.25, 0.3) is 0 Å². The summed E-state index contributed by atoms with van der Waals surface area (Å²) in [5.74, 6) is -1.06. The smallest absolute Gasteiger partial charge is 0.335 e. The Kier molecular flexibility index (Phi) is 6.31. The summed E-state index contributed by atoms with van der Waals surface area (Å²) < 4.78 is 0. The molecule has 1 aromatic rings. The number of carbonyl (C=O) groups excluding carboxylic acids is 1. The summed E-state index contributed by atoms with van der Waals surface area (Å²) in [4.78, 5) is 24.7. The molecule has 2 amide bonds. The molecule has 1 rings (SSSR count). The maximum atomic E-state index is 12.1. The van der Waals surface area contributed by atoms with Crippen LogP contribution in [-0.2, 0) is 0 Å². The third-order valence-corrected chi connectivity index (χ3v) is 3.24. The summed E-state index contributed by atoms with van der Waals surface area (Å²) in [6.07, 6.45) is 1.92. The number of halogens is 1. The lowest BCUT2D eigenvalue weighted by Crippen LogP contribution is -2.35. The second-order valence-corrected chi connectivity index (χ2v) is 4.77. The molecule has 0 saturated carbocycles. The Morgan fingerprint density at radius 2 is 2.05 bits per heavy atom. The van der Waals surface area contributed by atoms with Gasteiger partial charge in [-0.2, -0.15) is 0 Å². The zero-order chi connectivity index (χ0) is 15.1. The van der Waals surface area contributed by atoms with Crippen molar-refractivity contribution in [3.8, 4) is 0 Å². The zero-order valence-electron chi connectivity index (χ0n) is 11.6. The first kappa shape index (κ1) is 16.3. The van der Waals surface area contributed by atoms with Crippen LogP contribution in [0.5, 0.6) is 0 Å². The fraction of sp³-hybridized carbons (Fsp3) is 0.429. The Balaban J connectivity index is 2.83. The molecule has 5 nitrogen and oxygen atoms in total. The van der Waals surface area contributed by atoms with Crippen molar-refractivity contribution in [2.75, 3.05) is 18.4 Å². The van der Waals surface area contributed by atoms with Gasteiger partial charge in [-0.1, -0.05) is 24.9 Å². The van der Waals surface area contributed by atoms with Crippen molar-refractivity contribution in [2.24, 2.45) is 0 Å². The standard InChI is InChI=1S/C14H19ClN2O3/c1-3-5-8-17(4-2)14(20)16-12-9-10(13(18)19)6-7-11(12)15/h6-7,9H,3-5,8H2,1-2H3,(H,16,20)(H,18,19). The molecule has 6 heteroatoms. The van der Waals surface area contributed by atoms with Crippen LogP contribution in [0, 0.1) is 0 Å². The normalized spacial score (nSPS) is 10.2. The van der Waals surface area contributed by atoms with Gasteiger partial charge in [-0.05, 0) is 31.5 Å². The Labute approximate surface area is 123 Å². The highest BCUT2D eigenvalue weighted by atomic mass is 35.5. The molecule has 2 N–H and O–H groups in total. The molecule has 1 aromatic carbocycles. The van der Waals surface area contributed by atoms with Crippen LogP contribution in [0.1, 0.15) is 37.0 Å². The summed E-state index contributed by atoms with van der Waals surface area (Å²) in [5.41, 5.74) is 0.396. The lowest BCUT2D eigenvalue weighted by molar-refractivity contribution is 0.0697. The second kappa shape index (κ2) is 7.75. The Hall–Kier alpha value is -1.75. The van der Waals surface area contributed by atoms with Crippen LogP contribution in [0.4, 0.5) is 10.5 Å². The van der Waals surface area contributed by atoms with Gasteiger partial charge >= 0.3 is 12.0 Å². The molecule has 20 heavy (non-hydrogen) atoms. The van der Waals surface area contributed by atoms with E-state index in [-0.39, 0.29) is 11.6 Å². The Bertz CT molecular complexity index is 491. The molecule has 0 aliphatic heterocycles. The van der Waals surface area contributed by atoms with Crippen LogP contribution >= 0.6 is 11.6 Å². The largest absolute Gasteiger partial charge is 0.478 e. The fourth-order valence-corrected chi connectivity index (χ4v) is 1.87. The van der Waals surface area contributed by atoms with E-state index >= 15 is 0 Å². The highest BCUT2D eigenvalue weighted by Crippen LogP contribution is 2.23. The maximum absolute atomic E-state index is 12.1. The molecule has 0 aromatic heterocycles. The third kappa shape index (κ3) is 4.42. The Morgan fingerprint density at radius 3 is 2.60 bits per heavy atom. The van der Waals surface area contributed by atoms with Crippen molar-refractivity contribution in [3.05, 3.63) is 28.8 Å². The number of nitrogens with one attached hydrogen (secondary N) is 1. The molecule has 0 aliphatic rings. The Morgan fingerprint density at radius 1 is 1.35 bits per heavy atom. The van der Waals surface area contributed by atoms with Crippen molar-refractivity contribution in [1.82, 2.24) is 4.90 Å². The van der Waals surface area contributed by atoms with E-state index in [1.807, 2.05) is 6.92 Å². The predicted molar refractivity (Wildman–Crippen MR) is 79.6 cm³/mol. The first-order valence-electron chi connectivity index (χ1n) is 6.58. The monoisotopic (exact) mass is 298 g/mol. The fourth-order valence-electron chi connectivity index (χ4n) is 1.70. The van der Waals surface area contributed by atoms with Gasteiger partial charge in [0.05, 0.1) is 16.3 Å². The summed E-state index contributed by atoms with van der Waals surface area (Å²) >= 11 is 5.97. The predicted octanol–water partition coefficient (Wildman–Crippen LogP) is 3.69. The van der Waals surface area contributed by atoms with E-state index in [1.165, 1.54) is 18.2 Å². The summed E-state index contributed by atoms with van der Waals surface area (Å²) in [5, 5.41) is 11.9. The van der Waals surface area contributed by atoms with Crippen molar-refractivity contribution < 1.29 is 14.7 Å². The molecule has 0 heterocycles. The van der Waals surface area contributed by atoms with E-state index in [9.17, 15) is 9.59 Å². The highest BCUT2D eigenvalue weighted by Gasteiger charge is 2.14. The lowest BCUT2D eigenvalue weighted by atomic mass is 10.2. The average Bonchev–Trinajstić information content (AvgIpc) is 2.41. The van der Waals surface area contributed by atoms with Crippen LogP contribution in [0.3, 0.4) is 0 Å². The van der Waals surface area contributed by atoms with E-state index < -0.39 is 5.97 Å². The molecular formula is C14H19ClN2O3. The summed E-state index contributed by atoms with van der Waals surface area (Å²) in [6, 6.07) is 3.94. The van der Waals surface area contributed by atoms with Gasteiger partial charge in [0.25, 0.3) is 0 Å². The maximum Gasteiger partial charge on any atom is 0.335 e. The average molecular weight is 299 g/mol. The topological polar surface area (TPSA) is 69.6 Å². The summed E-state index contributed by atoms with van der Waals surface area (Å²) in [7, 11) is 0. The third-order valence-electron chi connectivity index (χ3n) is 2.91. The van der Waals surface area contributed by atoms with Crippen LogP contribution in [-0.4, -0.2) is 35.1 Å². The first-order valence-corrected chi connectivity index (χ1v) is 6.96. The van der Waals surface area contributed by atoms with Crippen LogP contribution < -0.4 is 5.32 Å². The van der Waals surface area contributed by atoms with Gasteiger partial charge in [0.1, 0.15) is 0 Å². The van der Waals surface area contributed by atoms with Gasteiger partial charge in [0.15, 0.2) is 0 Å². The first-order chi connectivity index (χ1) is 9.49. The van der Waals surface area contributed by atoms with Gasteiger partial charge in [-0.15, -0.1) is 0 Å². The van der Waals surface area contributed by atoms with Crippen LogP contribution in [0.2, 0.25) is 5.02 Å². The number of carboxylic acids is 1. The van der Waals surface area contributed by atoms with Crippen molar-refractivity contribution in [1.29, 1.82) is 0 Å². The van der Waals surface area contributed by atoms with Gasteiger partial charge in [0, 0.05) is 13.1 Å². The number of amides is 2. The van der Waals surface area contributed by atoms with Gasteiger partial charge in [-0.25, -0.2) is 9.59 Å².